The Balaban J connectivity index is 1.41. The van der Waals surface area contributed by atoms with Crippen LogP contribution in [0.2, 0.25) is 0 Å². The Morgan fingerprint density at radius 1 is 1.04 bits per heavy atom. The van der Waals surface area contributed by atoms with Gasteiger partial charge < -0.3 is 18.9 Å². The number of hydrogen-bond acceptors (Lipinski definition) is 7. The maximum atomic E-state index is 15.0. The minimum Gasteiger partial charge on any atom is -0.462 e. The first kappa shape index (κ1) is 43.4. The molecule has 1 saturated heterocycles. The Bertz CT molecular complexity index is 1660. The van der Waals surface area contributed by atoms with Gasteiger partial charge in [0.05, 0.1) is 43.1 Å². The Morgan fingerprint density at radius 3 is 2.38 bits per heavy atom. The summed E-state index contributed by atoms with van der Waals surface area (Å²) < 4.78 is 63.9. The van der Waals surface area contributed by atoms with E-state index in [1.807, 2.05) is 37.3 Å². The van der Waals surface area contributed by atoms with Gasteiger partial charge in [0.1, 0.15) is 17.7 Å². The fourth-order valence-electron chi connectivity index (χ4n) is 8.60. The molecule has 55 heavy (non-hydrogen) atoms. The maximum absolute atomic E-state index is 15.0. The fourth-order valence-corrected chi connectivity index (χ4v) is 12.3. The molecule has 2 saturated carbocycles. The second-order valence-electron chi connectivity index (χ2n) is 15.5. The lowest BCUT2D eigenvalue weighted by molar-refractivity contribution is -0.154. The monoisotopic (exact) mass is 847 g/mol. The Morgan fingerprint density at radius 2 is 1.75 bits per heavy atom. The summed E-state index contributed by atoms with van der Waals surface area (Å²) in [6.07, 6.45) is 9.30. The zero-order chi connectivity index (χ0) is 39.6. The van der Waals surface area contributed by atoms with Crippen LogP contribution in [0.1, 0.15) is 115 Å². The molecule has 1 heterocycles. The number of amides is 1. The summed E-state index contributed by atoms with van der Waals surface area (Å²) in [5.41, 5.74) is 0.621. The van der Waals surface area contributed by atoms with Gasteiger partial charge >= 0.3 is 5.97 Å². The molecular formula is C43H57BrF2NO7P. The van der Waals surface area contributed by atoms with E-state index >= 15 is 0 Å². The number of ketones is 1. The van der Waals surface area contributed by atoms with Gasteiger partial charge in [0.25, 0.3) is 0 Å². The molecule has 6 atom stereocenters. The smallest absolute Gasteiger partial charge is 0.306 e. The van der Waals surface area contributed by atoms with Crippen molar-refractivity contribution in [1.29, 1.82) is 0 Å². The first-order chi connectivity index (χ1) is 26.4. The number of allylic oxidation sites excluding steroid dienone is 1. The fraction of sp³-hybridized carbons (Fsp3) is 0.605. The number of ether oxygens (including phenoxy) is 2. The molecule has 0 spiro atoms. The molecular weight excluding hydrogens is 791 g/mol. The Kier molecular flexibility index (Phi) is 15.9. The molecule has 0 N–H and O–H groups in total. The molecule has 8 nitrogen and oxygen atoms in total. The van der Waals surface area contributed by atoms with E-state index in [1.165, 1.54) is 6.07 Å². The van der Waals surface area contributed by atoms with Gasteiger partial charge in [0.15, 0.2) is 5.78 Å². The van der Waals surface area contributed by atoms with Crippen LogP contribution in [-0.4, -0.2) is 59.1 Å². The average molecular weight is 849 g/mol. The van der Waals surface area contributed by atoms with Gasteiger partial charge in [-0.05, 0) is 94.0 Å². The molecule has 0 aromatic heterocycles. The van der Waals surface area contributed by atoms with Gasteiger partial charge in [0.2, 0.25) is 13.3 Å². The highest BCUT2D eigenvalue weighted by atomic mass is 79.9. The van der Waals surface area contributed by atoms with Crippen LogP contribution in [0.15, 0.2) is 59.6 Å². The zero-order valence-electron chi connectivity index (χ0n) is 32.3. The average Bonchev–Trinajstić information content (AvgIpc) is 3.43. The quantitative estimate of drug-likeness (QED) is 0.0504. The minimum absolute atomic E-state index is 0.0468. The number of rotatable bonds is 22. The van der Waals surface area contributed by atoms with E-state index in [2.05, 4.69) is 22.5 Å². The van der Waals surface area contributed by atoms with E-state index in [-0.39, 0.29) is 68.3 Å². The third-order valence-corrected chi connectivity index (χ3v) is 15.8. The highest BCUT2D eigenvalue weighted by Crippen LogP contribution is 2.77. The van der Waals surface area contributed by atoms with Gasteiger partial charge in [-0.15, -0.1) is 6.58 Å². The van der Waals surface area contributed by atoms with Crippen LogP contribution < -0.4 is 0 Å². The molecule has 0 bridgehead atoms. The minimum atomic E-state index is -3.85. The molecule has 1 aliphatic heterocycles. The van der Waals surface area contributed by atoms with Crippen molar-refractivity contribution in [1.82, 2.24) is 4.90 Å². The number of esters is 1. The third kappa shape index (κ3) is 11.0. The van der Waals surface area contributed by atoms with Crippen LogP contribution >= 0.6 is 23.3 Å². The van der Waals surface area contributed by atoms with Crippen LogP contribution in [0, 0.1) is 23.5 Å². The number of halogens is 3. The van der Waals surface area contributed by atoms with E-state index < -0.39 is 54.4 Å². The normalized spacial score (nSPS) is 24.0. The van der Waals surface area contributed by atoms with Crippen LogP contribution in [0.4, 0.5) is 8.78 Å². The largest absolute Gasteiger partial charge is 0.462 e. The van der Waals surface area contributed by atoms with Crippen molar-refractivity contribution >= 4 is 41.0 Å². The molecule has 302 valence electrons. The number of nitrogens with zero attached hydrogens (tertiary/aromatic N) is 1. The summed E-state index contributed by atoms with van der Waals surface area (Å²) in [4.78, 5) is 44.2. The van der Waals surface area contributed by atoms with Crippen LogP contribution in [0.5, 0.6) is 0 Å². The lowest BCUT2D eigenvalue weighted by atomic mass is 9.94. The summed E-state index contributed by atoms with van der Waals surface area (Å²) in [7, 11) is -3.85. The molecule has 3 aliphatic rings. The number of carbonyl (C=O) groups excluding carboxylic acids is 3. The molecule has 3 fully saturated rings. The van der Waals surface area contributed by atoms with E-state index in [1.54, 1.807) is 11.8 Å². The maximum Gasteiger partial charge on any atom is 0.306 e. The topological polar surface area (TPSA) is 99.2 Å². The zero-order valence-corrected chi connectivity index (χ0v) is 34.8. The van der Waals surface area contributed by atoms with Crippen molar-refractivity contribution in [3.05, 3.63) is 82.4 Å². The molecule has 5 rings (SSSR count). The first-order valence-electron chi connectivity index (χ1n) is 20.1. The van der Waals surface area contributed by atoms with Gasteiger partial charge in [-0.2, -0.15) is 0 Å². The van der Waals surface area contributed by atoms with Crippen LogP contribution in [0.3, 0.4) is 0 Å². The molecule has 0 radical (unpaired) electrons. The summed E-state index contributed by atoms with van der Waals surface area (Å²) in [6.45, 7) is 7.90. The number of unbranched alkanes of at least 4 members (excludes halogenated alkanes) is 3. The molecule has 2 aromatic rings. The summed E-state index contributed by atoms with van der Waals surface area (Å²) >= 11 is 3.46. The Labute approximate surface area is 333 Å². The third-order valence-electron chi connectivity index (χ3n) is 11.8. The van der Waals surface area contributed by atoms with Crippen molar-refractivity contribution in [3.8, 4) is 0 Å². The number of carbonyl (C=O) groups is 3. The van der Waals surface area contributed by atoms with Crippen molar-refractivity contribution < 1.29 is 41.7 Å². The predicted octanol–water partition coefficient (Wildman–Crippen LogP) is 10.5. The van der Waals surface area contributed by atoms with Crippen LogP contribution in [0.25, 0.3) is 0 Å². The van der Waals surface area contributed by atoms with Gasteiger partial charge in [-0.3, -0.25) is 18.9 Å². The second-order valence-corrected chi connectivity index (χ2v) is 19.3. The number of benzene rings is 2. The first-order valence-corrected chi connectivity index (χ1v) is 22.7. The molecule has 12 heteroatoms. The highest BCUT2D eigenvalue weighted by Gasteiger charge is 2.66. The number of hydrogen-bond donors (Lipinski definition) is 0. The van der Waals surface area contributed by atoms with Crippen molar-refractivity contribution in [2.45, 2.75) is 140 Å². The number of likely N-dealkylation sites (tertiary alicyclic amines) is 1. The molecule has 2 aromatic carbocycles. The van der Waals surface area contributed by atoms with E-state index in [4.69, 9.17) is 14.0 Å². The lowest BCUT2D eigenvalue weighted by Crippen LogP contribution is -2.45. The van der Waals surface area contributed by atoms with Gasteiger partial charge in [-0.1, -0.05) is 66.4 Å². The van der Waals surface area contributed by atoms with Gasteiger partial charge in [0, 0.05) is 35.3 Å². The lowest BCUT2D eigenvalue weighted by Gasteiger charge is -2.32. The van der Waals surface area contributed by atoms with Crippen molar-refractivity contribution in [2.24, 2.45) is 11.8 Å². The van der Waals surface area contributed by atoms with Crippen LogP contribution in [-0.2, 0) is 45.7 Å². The second kappa shape index (κ2) is 20.1. The van der Waals surface area contributed by atoms with Crippen molar-refractivity contribution in [3.63, 3.8) is 0 Å². The summed E-state index contributed by atoms with van der Waals surface area (Å²) in [5, 5.41) is -1.12. The SMILES string of the molecule is C=CCCCCC[C@H](CC(=O)OC1CCCC1)C(=O)N1C[C@@H](OCc2ccc(Br)cc2)C[C@H]1C(=O)C[C@]1(P(=O)(Cc2c(F)cccc2F)OCC)C[C@H]1CC. The van der Waals surface area contributed by atoms with Gasteiger partial charge in [-0.25, -0.2) is 8.78 Å². The van der Waals surface area contributed by atoms with E-state index in [9.17, 15) is 27.7 Å². The molecule has 2 aliphatic carbocycles. The molecule has 1 unspecified atom stereocenters. The molecule has 1 amide bonds. The highest BCUT2D eigenvalue weighted by molar-refractivity contribution is 9.10. The standard InChI is InChI=1S/C43H57BrF2NO7P/c1-4-7-8-9-10-14-31(23-41(49)54-34-15-11-12-16-34)42(50)47-27-35(52-28-30-19-21-33(44)22-20-30)24-39(47)40(48)26-43(25-32(43)5-2)55(51,53-6-3)29-36-37(45)17-13-18-38(36)46/h4,13,17-22,31-32,34-35,39H,1,5-12,14-16,23-29H2,2-3H3/t31-,32-,35+,39+,43-,55?/m1/s1. The summed E-state index contributed by atoms with van der Waals surface area (Å²) in [6, 6.07) is 10.3. The Hall–Kier alpha value is -2.72. The van der Waals surface area contributed by atoms with E-state index in [0.29, 0.717) is 19.3 Å². The van der Waals surface area contributed by atoms with Crippen molar-refractivity contribution in [2.75, 3.05) is 13.2 Å². The van der Waals surface area contributed by atoms with E-state index in [0.717, 1.165) is 73.5 Å². The predicted molar refractivity (Wildman–Crippen MR) is 213 cm³/mol. The number of Topliss-reactive ketones (excluding diaryl/α,β-unsaturated/α-hetero) is 1. The summed E-state index contributed by atoms with van der Waals surface area (Å²) in [5.74, 6) is -3.44.